The van der Waals surface area contributed by atoms with Gasteiger partial charge in [-0.3, -0.25) is 4.79 Å². The van der Waals surface area contributed by atoms with E-state index in [0.29, 0.717) is 19.1 Å². The molecule has 3 heterocycles. The Hall–Kier alpha value is -2.38. The maximum absolute atomic E-state index is 12.4. The van der Waals surface area contributed by atoms with Gasteiger partial charge in [-0.05, 0) is 6.42 Å². The number of methoxy groups -OCH3 is 1. The minimum atomic E-state index is -0.161. The third-order valence-electron chi connectivity index (χ3n) is 3.49. The fraction of sp³-hybridized carbons (Fsp3) is 0.500. The first kappa shape index (κ1) is 12.6. The molecule has 20 heavy (non-hydrogen) atoms. The van der Waals surface area contributed by atoms with Crippen molar-refractivity contribution in [2.24, 2.45) is 7.05 Å². The van der Waals surface area contributed by atoms with E-state index < -0.39 is 0 Å². The van der Waals surface area contributed by atoms with Crippen LogP contribution >= 0.6 is 0 Å². The van der Waals surface area contributed by atoms with Crippen LogP contribution in [0, 0.1) is 0 Å². The van der Waals surface area contributed by atoms with E-state index in [4.69, 9.17) is 4.74 Å². The number of hydrogen-bond donors (Lipinski definition) is 0. The summed E-state index contributed by atoms with van der Waals surface area (Å²) in [6, 6.07) is 0.603. The Kier molecular flexibility index (Phi) is 3.13. The standard InChI is InChI=1S/C12H16N6O2/c1-16-12(20-2)14-10(15-16)11(19)17-5-3-9(7-17)18-6-4-13-8-18/h4,6,8-9H,3,5,7H2,1-2H3. The lowest BCUT2D eigenvalue weighted by Gasteiger charge is -2.15. The molecule has 0 bridgehead atoms. The Balaban J connectivity index is 1.72. The van der Waals surface area contributed by atoms with Crippen LogP contribution < -0.4 is 4.74 Å². The number of nitrogens with zero attached hydrogens (tertiary/aromatic N) is 6. The van der Waals surface area contributed by atoms with Crippen molar-refractivity contribution in [1.82, 2.24) is 29.2 Å². The summed E-state index contributed by atoms with van der Waals surface area (Å²) >= 11 is 0. The summed E-state index contributed by atoms with van der Waals surface area (Å²) in [5.41, 5.74) is 0. The molecule has 2 aromatic rings. The van der Waals surface area contributed by atoms with Crippen LogP contribution in [0.2, 0.25) is 0 Å². The normalized spacial score (nSPS) is 18.5. The largest absolute Gasteiger partial charge is 0.467 e. The highest BCUT2D eigenvalue weighted by molar-refractivity contribution is 5.90. The minimum absolute atomic E-state index is 0.161. The molecule has 0 aromatic carbocycles. The summed E-state index contributed by atoms with van der Waals surface area (Å²) in [7, 11) is 3.20. The van der Waals surface area contributed by atoms with Gasteiger partial charge in [0.05, 0.1) is 19.5 Å². The van der Waals surface area contributed by atoms with Crippen molar-refractivity contribution in [2.75, 3.05) is 20.2 Å². The summed E-state index contributed by atoms with van der Waals surface area (Å²) in [4.78, 5) is 22.2. The molecule has 1 amide bonds. The maximum atomic E-state index is 12.4. The Morgan fingerprint density at radius 3 is 3.00 bits per heavy atom. The maximum Gasteiger partial charge on any atom is 0.314 e. The van der Waals surface area contributed by atoms with Crippen molar-refractivity contribution in [2.45, 2.75) is 12.5 Å². The molecule has 1 atom stereocenters. The number of aromatic nitrogens is 5. The average molecular weight is 276 g/mol. The van der Waals surface area contributed by atoms with Crippen LogP contribution in [0.25, 0.3) is 0 Å². The quantitative estimate of drug-likeness (QED) is 0.795. The van der Waals surface area contributed by atoms with Gasteiger partial charge in [-0.15, -0.1) is 5.10 Å². The Morgan fingerprint density at radius 2 is 2.35 bits per heavy atom. The van der Waals surface area contributed by atoms with Crippen LogP contribution in [0.4, 0.5) is 0 Å². The summed E-state index contributed by atoms with van der Waals surface area (Å²) in [5, 5.41) is 4.08. The summed E-state index contributed by atoms with van der Waals surface area (Å²) in [6.45, 7) is 1.35. The number of aryl methyl sites for hydroxylation is 1. The predicted molar refractivity (Wildman–Crippen MR) is 69.3 cm³/mol. The van der Waals surface area contributed by atoms with E-state index in [0.717, 1.165) is 6.42 Å². The van der Waals surface area contributed by atoms with Gasteiger partial charge in [0.1, 0.15) is 0 Å². The molecule has 1 unspecified atom stereocenters. The van der Waals surface area contributed by atoms with Gasteiger partial charge < -0.3 is 14.2 Å². The topological polar surface area (TPSA) is 78.1 Å². The predicted octanol–water partition coefficient (Wildman–Crippen LogP) is 0.107. The molecular weight excluding hydrogens is 260 g/mol. The van der Waals surface area contributed by atoms with E-state index in [1.807, 2.05) is 10.8 Å². The number of hydrogen-bond acceptors (Lipinski definition) is 5. The molecule has 0 N–H and O–H groups in total. The number of likely N-dealkylation sites (tertiary alicyclic amines) is 1. The Bertz CT molecular complexity index is 606. The lowest BCUT2D eigenvalue weighted by Crippen LogP contribution is -2.30. The van der Waals surface area contributed by atoms with Crippen LogP contribution in [-0.2, 0) is 7.05 Å². The van der Waals surface area contributed by atoms with Crippen molar-refractivity contribution in [1.29, 1.82) is 0 Å². The first-order chi connectivity index (χ1) is 9.69. The van der Waals surface area contributed by atoms with Crippen molar-refractivity contribution < 1.29 is 9.53 Å². The van der Waals surface area contributed by atoms with Crippen molar-refractivity contribution in [3.05, 3.63) is 24.5 Å². The minimum Gasteiger partial charge on any atom is -0.467 e. The van der Waals surface area contributed by atoms with E-state index in [1.54, 1.807) is 24.5 Å². The highest BCUT2D eigenvalue weighted by Crippen LogP contribution is 2.22. The third-order valence-corrected chi connectivity index (χ3v) is 3.49. The van der Waals surface area contributed by atoms with Gasteiger partial charge in [0, 0.05) is 32.5 Å². The van der Waals surface area contributed by atoms with Gasteiger partial charge >= 0.3 is 6.01 Å². The lowest BCUT2D eigenvalue weighted by molar-refractivity contribution is 0.0775. The summed E-state index contributed by atoms with van der Waals surface area (Å²) < 4.78 is 8.51. The molecular formula is C12H16N6O2. The van der Waals surface area contributed by atoms with E-state index in [2.05, 4.69) is 15.1 Å². The van der Waals surface area contributed by atoms with Gasteiger partial charge in [0.2, 0.25) is 5.82 Å². The fourth-order valence-electron chi connectivity index (χ4n) is 2.44. The second-order valence-corrected chi connectivity index (χ2v) is 4.75. The fourth-order valence-corrected chi connectivity index (χ4v) is 2.44. The molecule has 0 spiro atoms. The molecule has 106 valence electrons. The molecule has 8 nitrogen and oxygen atoms in total. The van der Waals surface area contributed by atoms with Crippen LogP contribution in [0.15, 0.2) is 18.7 Å². The number of imidazole rings is 1. The second-order valence-electron chi connectivity index (χ2n) is 4.75. The number of rotatable bonds is 3. The van der Waals surface area contributed by atoms with Gasteiger partial charge in [-0.25, -0.2) is 9.67 Å². The molecule has 1 aliphatic heterocycles. The van der Waals surface area contributed by atoms with Crippen molar-refractivity contribution in [3.8, 4) is 6.01 Å². The zero-order valence-corrected chi connectivity index (χ0v) is 11.4. The van der Waals surface area contributed by atoms with E-state index in [1.165, 1.54) is 11.8 Å². The molecule has 0 aliphatic carbocycles. The summed E-state index contributed by atoms with van der Waals surface area (Å²) in [5.74, 6) is 0.0159. The van der Waals surface area contributed by atoms with E-state index >= 15 is 0 Å². The Morgan fingerprint density at radius 1 is 1.50 bits per heavy atom. The van der Waals surface area contributed by atoms with Gasteiger partial charge in [-0.2, -0.15) is 4.98 Å². The van der Waals surface area contributed by atoms with Gasteiger partial charge in [0.25, 0.3) is 5.91 Å². The first-order valence-electron chi connectivity index (χ1n) is 6.41. The monoisotopic (exact) mass is 276 g/mol. The number of amides is 1. The lowest BCUT2D eigenvalue weighted by atomic mass is 10.3. The molecule has 0 radical (unpaired) electrons. The van der Waals surface area contributed by atoms with Crippen LogP contribution in [0.1, 0.15) is 23.1 Å². The number of ether oxygens (including phenoxy) is 1. The van der Waals surface area contributed by atoms with Crippen molar-refractivity contribution in [3.63, 3.8) is 0 Å². The molecule has 1 fully saturated rings. The van der Waals surface area contributed by atoms with E-state index in [-0.39, 0.29) is 17.8 Å². The van der Waals surface area contributed by atoms with Crippen LogP contribution in [0.3, 0.4) is 0 Å². The molecule has 8 heteroatoms. The van der Waals surface area contributed by atoms with E-state index in [9.17, 15) is 4.79 Å². The molecule has 2 aromatic heterocycles. The highest BCUT2D eigenvalue weighted by Gasteiger charge is 2.30. The number of carbonyl (C=O) groups is 1. The summed E-state index contributed by atoms with van der Waals surface area (Å²) in [6.07, 6.45) is 6.35. The molecule has 1 saturated heterocycles. The van der Waals surface area contributed by atoms with Crippen molar-refractivity contribution >= 4 is 5.91 Å². The van der Waals surface area contributed by atoms with Crippen LogP contribution in [0.5, 0.6) is 6.01 Å². The smallest absolute Gasteiger partial charge is 0.314 e. The number of carbonyl (C=O) groups excluding carboxylic acids is 1. The SMILES string of the molecule is COc1nc(C(=O)N2CCC(n3ccnc3)C2)nn1C. The zero-order chi connectivity index (χ0) is 14.1. The average Bonchev–Trinajstić information content (AvgIpc) is 3.17. The third kappa shape index (κ3) is 2.13. The molecule has 3 rings (SSSR count). The van der Waals surface area contributed by atoms with Gasteiger partial charge in [-0.1, -0.05) is 0 Å². The molecule has 1 aliphatic rings. The second kappa shape index (κ2) is 4.95. The van der Waals surface area contributed by atoms with Crippen LogP contribution in [-0.4, -0.2) is 55.3 Å². The van der Waals surface area contributed by atoms with Gasteiger partial charge in [0.15, 0.2) is 0 Å². The first-order valence-corrected chi connectivity index (χ1v) is 6.41. The molecule has 0 saturated carbocycles. The zero-order valence-electron chi connectivity index (χ0n) is 11.4. The Labute approximate surface area is 116 Å². The highest BCUT2D eigenvalue weighted by atomic mass is 16.5.